The van der Waals surface area contributed by atoms with Crippen LogP contribution in [0.5, 0.6) is 5.75 Å². The zero-order valence-electron chi connectivity index (χ0n) is 19.5. The minimum atomic E-state index is -3.76. The first-order chi connectivity index (χ1) is 16.2. The van der Waals surface area contributed by atoms with E-state index in [9.17, 15) is 13.2 Å². The van der Waals surface area contributed by atoms with E-state index in [0.717, 1.165) is 11.8 Å². The number of benzene rings is 2. The highest BCUT2D eigenvalue weighted by Crippen LogP contribution is 2.30. The maximum atomic E-state index is 12.3. The average Bonchev–Trinajstić information content (AvgIpc) is 3.33. The first kappa shape index (κ1) is 25.4. The molecule has 0 radical (unpaired) electrons. The van der Waals surface area contributed by atoms with Crippen LogP contribution in [0.15, 0.2) is 67.0 Å². The highest BCUT2D eigenvalue weighted by atomic mass is 32.2. The van der Waals surface area contributed by atoms with Crippen LogP contribution in [0.3, 0.4) is 0 Å². The first-order valence-corrected chi connectivity index (χ1v) is 12.7. The second-order valence-electron chi connectivity index (χ2n) is 8.07. The van der Waals surface area contributed by atoms with Gasteiger partial charge in [0.25, 0.3) is 10.1 Å². The quantitative estimate of drug-likeness (QED) is 0.282. The molecule has 0 N–H and O–H groups in total. The number of aromatic nitrogens is 3. The van der Waals surface area contributed by atoms with Crippen LogP contribution in [-0.4, -0.2) is 47.8 Å². The van der Waals surface area contributed by atoms with Gasteiger partial charge in [0.2, 0.25) is 0 Å². The molecule has 2 atom stereocenters. The molecule has 0 aliphatic heterocycles. The molecule has 0 saturated heterocycles. The summed E-state index contributed by atoms with van der Waals surface area (Å²) in [5.74, 6) is -0.259. The maximum Gasteiger partial charge on any atom is 0.338 e. The summed E-state index contributed by atoms with van der Waals surface area (Å²) >= 11 is 0. The van der Waals surface area contributed by atoms with Gasteiger partial charge < -0.3 is 9.47 Å². The Balaban J connectivity index is 1.66. The lowest BCUT2D eigenvalue weighted by molar-refractivity contribution is -0.0303. The summed E-state index contributed by atoms with van der Waals surface area (Å²) in [5, 5.41) is 8.19. The van der Waals surface area contributed by atoms with Crippen LogP contribution in [0.2, 0.25) is 0 Å². The van der Waals surface area contributed by atoms with Crippen molar-refractivity contribution in [1.82, 2.24) is 15.0 Å². The Morgan fingerprint density at radius 1 is 1.06 bits per heavy atom. The van der Waals surface area contributed by atoms with Crippen LogP contribution in [-0.2, 0) is 32.2 Å². The number of nitrogens with zero attached hydrogens (tertiary/aromatic N) is 3. The van der Waals surface area contributed by atoms with E-state index in [2.05, 4.69) is 10.2 Å². The van der Waals surface area contributed by atoms with Gasteiger partial charge in [-0.2, -0.15) is 23.4 Å². The monoisotopic (exact) mass is 487 g/mol. The molecule has 1 aromatic heterocycles. The molecule has 0 amide bonds. The predicted octanol–water partition coefficient (Wildman–Crippen LogP) is 3.48. The van der Waals surface area contributed by atoms with E-state index in [-0.39, 0.29) is 19.1 Å². The van der Waals surface area contributed by atoms with Gasteiger partial charge in [-0.15, -0.1) is 0 Å². The van der Waals surface area contributed by atoms with Crippen molar-refractivity contribution in [2.45, 2.75) is 39.0 Å². The highest BCUT2D eigenvalue weighted by Gasteiger charge is 2.41. The molecule has 0 saturated carbocycles. The van der Waals surface area contributed by atoms with E-state index >= 15 is 0 Å². The molecular weight excluding hydrogens is 458 g/mol. The smallest absolute Gasteiger partial charge is 0.338 e. The lowest BCUT2D eigenvalue weighted by atomic mass is 9.87. The highest BCUT2D eigenvalue weighted by molar-refractivity contribution is 7.86. The Morgan fingerprint density at radius 3 is 2.29 bits per heavy atom. The van der Waals surface area contributed by atoms with Crippen LogP contribution < -0.4 is 4.74 Å². The van der Waals surface area contributed by atoms with E-state index in [1.807, 2.05) is 44.2 Å². The van der Waals surface area contributed by atoms with Crippen molar-refractivity contribution >= 4 is 16.1 Å². The molecule has 0 aliphatic rings. The molecule has 3 rings (SSSR count). The first-order valence-electron chi connectivity index (χ1n) is 10.9. The summed E-state index contributed by atoms with van der Waals surface area (Å²) in [6.07, 6.45) is 4.51. The van der Waals surface area contributed by atoms with E-state index in [4.69, 9.17) is 13.7 Å². The van der Waals surface area contributed by atoms with Crippen molar-refractivity contribution in [3.63, 3.8) is 0 Å². The second-order valence-corrected chi connectivity index (χ2v) is 9.64. The van der Waals surface area contributed by atoms with Crippen LogP contribution in [0.25, 0.3) is 0 Å². The van der Waals surface area contributed by atoms with Crippen LogP contribution in [0.1, 0.15) is 36.2 Å². The molecule has 182 valence electrons. The maximum absolute atomic E-state index is 12.3. The number of ether oxygens (including phenoxy) is 2. The molecule has 1 heterocycles. The normalized spacial score (nSPS) is 14.2. The lowest BCUT2D eigenvalue weighted by Crippen LogP contribution is -2.47. The summed E-state index contributed by atoms with van der Waals surface area (Å²) in [7, 11) is -3.76. The molecule has 0 bridgehead atoms. The van der Waals surface area contributed by atoms with Gasteiger partial charge in [0.1, 0.15) is 24.6 Å². The Hall–Kier alpha value is -3.24. The fourth-order valence-corrected chi connectivity index (χ4v) is 4.44. The van der Waals surface area contributed by atoms with Gasteiger partial charge in [-0.1, -0.05) is 44.2 Å². The summed E-state index contributed by atoms with van der Waals surface area (Å²) in [6.45, 7) is 4.23. The number of carbonyl (C=O) groups is 1. The molecule has 1 unspecified atom stereocenters. The third-order valence-electron chi connectivity index (χ3n) is 5.50. The number of carbonyl (C=O) groups excluding carboxylic acids is 1. The second kappa shape index (κ2) is 11.3. The Labute approximate surface area is 199 Å². The molecule has 0 aliphatic carbocycles. The summed E-state index contributed by atoms with van der Waals surface area (Å²) in [5.41, 5.74) is 0.154. The molecule has 34 heavy (non-hydrogen) atoms. The van der Waals surface area contributed by atoms with Gasteiger partial charge >= 0.3 is 5.97 Å². The topological polar surface area (TPSA) is 110 Å². The fraction of sp³-hybridized carbons (Fsp3) is 0.375. The van der Waals surface area contributed by atoms with Gasteiger partial charge in [-0.05, 0) is 36.2 Å². The van der Waals surface area contributed by atoms with E-state index in [1.165, 1.54) is 4.80 Å². The third-order valence-corrected chi connectivity index (χ3v) is 6.14. The van der Waals surface area contributed by atoms with Gasteiger partial charge in [0.15, 0.2) is 0 Å². The average molecular weight is 488 g/mol. The fourth-order valence-electron chi connectivity index (χ4n) is 3.51. The van der Waals surface area contributed by atoms with E-state index in [1.54, 1.807) is 36.7 Å². The molecular formula is C24H29N3O6S. The molecule has 0 fully saturated rings. The third kappa shape index (κ3) is 7.13. The Morgan fingerprint density at radius 2 is 1.71 bits per heavy atom. The van der Waals surface area contributed by atoms with Crippen molar-refractivity contribution in [2.24, 2.45) is 5.92 Å². The molecule has 3 aromatic rings. The van der Waals surface area contributed by atoms with Gasteiger partial charge in [0.05, 0.1) is 30.8 Å². The van der Waals surface area contributed by atoms with Gasteiger partial charge in [0, 0.05) is 5.92 Å². The number of hydrogen-bond donors (Lipinski definition) is 0. The van der Waals surface area contributed by atoms with Gasteiger partial charge in [-0.25, -0.2) is 4.79 Å². The number of rotatable bonds is 12. The van der Waals surface area contributed by atoms with Gasteiger partial charge in [-0.3, -0.25) is 4.18 Å². The van der Waals surface area contributed by atoms with Crippen molar-refractivity contribution in [3.8, 4) is 5.75 Å². The number of esters is 1. The standard InChI is InChI=1S/C24H29N3O6S/c1-4-24(33-34(3,29)30,19(2)16-27-25-14-15-26-27)18-32-22-12-10-21(11-13-22)23(28)31-17-20-8-6-5-7-9-20/h5-15,19H,4,16-18H2,1-3H3/t19?,24-/m1/s1. The predicted molar refractivity (Wildman–Crippen MR) is 126 cm³/mol. The van der Waals surface area contributed by atoms with Crippen molar-refractivity contribution < 1.29 is 26.9 Å². The molecule has 9 nitrogen and oxygen atoms in total. The Bertz CT molecular complexity index is 1150. The zero-order chi connectivity index (χ0) is 24.6. The summed E-state index contributed by atoms with van der Waals surface area (Å²) in [4.78, 5) is 13.8. The number of hydrogen-bond acceptors (Lipinski definition) is 8. The summed E-state index contributed by atoms with van der Waals surface area (Å²) < 4.78 is 40.9. The van der Waals surface area contributed by atoms with Crippen molar-refractivity contribution in [2.75, 3.05) is 12.9 Å². The van der Waals surface area contributed by atoms with Crippen molar-refractivity contribution in [1.29, 1.82) is 0 Å². The molecule has 0 spiro atoms. The van der Waals surface area contributed by atoms with Crippen LogP contribution >= 0.6 is 0 Å². The lowest BCUT2D eigenvalue weighted by Gasteiger charge is -2.36. The van der Waals surface area contributed by atoms with Crippen LogP contribution in [0.4, 0.5) is 0 Å². The van der Waals surface area contributed by atoms with E-state index < -0.39 is 21.7 Å². The molecule has 2 aromatic carbocycles. The Kier molecular flexibility index (Phi) is 8.41. The summed E-state index contributed by atoms with van der Waals surface area (Å²) in [6, 6.07) is 15.9. The molecule has 10 heteroatoms. The van der Waals surface area contributed by atoms with E-state index in [0.29, 0.717) is 24.3 Å². The largest absolute Gasteiger partial charge is 0.491 e. The minimum absolute atomic E-state index is 0.0171. The zero-order valence-corrected chi connectivity index (χ0v) is 20.3. The van der Waals surface area contributed by atoms with Crippen molar-refractivity contribution in [3.05, 3.63) is 78.1 Å². The minimum Gasteiger partial charge on any atom is -0.491 e. The SMILES string of the molecule is CC[C@](COc1ccc(C(=O)OCc2ccccc2)cc1)(OS(C)(=O)=O)C(C)Cn1nccn1. The van der Waals surface area contributed by atoms with Crippen LogP contribution in [0, 0.1) is 5.92 Å².